The van der Waals surface area contributed by atoms with Crippen molar-refractivity contribution in [3.8, 4) is 0 Å². The lowest BCUT2D eigenvalue weighted by Crippen LogP contribution is -2.34. The van der Waals surface area contributed by atoms with E-state index >= 15 is 0 Å². The molecule has 0 radical (unpaired) electrons. The van der Waals surface area contributed by atoms with Gasteiger partial charge in [-0.25, -0.2) is 5.84 Å². The second kappa shape index (κ2) is 6.74. The maximum atomic E-state index is 11.1. The molecule has 0 aliphatic carbocycles. The predicted molar refractivity (Wildman–Crippen MR) is 71.5 cm³/mol. The second-order valence-electron chi connectivity index (χ2n) is 4.31. The molecule has 1 aromatic heterocycles. The normalized spacial score (nSPS) is 14.6. The van der Waals surface area contributed by atoms with Gasteiger partial charge in [0.05, 0.1) is 0 Å². The van der Waals surface area contributed by atoms with Crippen LogP contribution in [-0.4, -0.2) is 23.9 Å². The van der Waals surface area contributed by atoms with E-state index in [1.54, 1.807) is 11.3 Å². The Bertz CT molecular complexity index is 340. The van der Waals surface area contributed by atoms with Crippen LogP contribution in [0.5, 0.6) is 0 Å². The minimum atomic E-state index is -0.103. The first-order valence-electron chi connectivity index (χ1n) is 5.81. The minimum Gasteiger partial charge on any atom is -0.296 e. The van der Waals surface area contributed by atoms with Gasteiger partial charge in [-0.1, -0.05) is 6.07 Å². The third-order valence-corrected chi connectivity index (χ3v) is 4.25. The van der Waals surface area contributed by atoms with Crippen LogP contribution in [0.3, 0.4) is 0 Å². The summed E-state index contributed by atoms with van der Waals surface area (Å²) in [5.74, 6) is 4.96. The van der Waals surface area contributed by atoms with Crippen molar-refractivity contribution >= 4 is 17.2 Å². The van der Waals surface area contributed by atoms with Gasteiger partial charge in [-0.15, -0.1) is 11.3 Å². The first-order valence-corrected chi connectivity index (χ1v) is 6.69. The number of hydrogen-bond donors (Lipinski definition) is 2. The third-order valence-electron chi connectivity index (χ3n) is 3.21. The molecule has 0 saturated heterocycles. The summed E-state index contributed by atoms with van der Waals surface area (Å²) < 4.78 is 0. The Kier molecular flexibility index (Phi) is 5.61. The summed E-state index contributed by atoms with van der Waals surface area (Å²) in [6, 6.07) is 4.94. The zero-order valence-electron chi connectivity index (χ0n) is 10.6. The highest BCUT2D eigenvalue weighted by Gasteiger charge is 2.18. The maximum absolute atomic E-state index is 11.1. The quantitative estimate of drug-likeness (QED) is 0.464. The lowest BCUT2D eigenvalue weighted by atomic mass is 10.1. The molecule has 0 aliphatic heterocycles. The van der Waals surface area contributed by atoms with Crippen LogP contribution in [0.15, 0.2) is 17.5 Å². The zero-order chi connectivity index (χ0) is 12.8. The summed E-state index contributed by atoms with van der Waals surface area (Å²) in [7, 11) is 2.09. The minimum absolute atomic E-state index is 0.103. The molecule has 1 aromatic rings. The van der Waals surface area contributed by atoms with Crippen LogP contribution in [0, 0.1) is 0 Å². The first kappa shape index (κ1) is 14.2. The van der Waals surface area contributed by atoms with E-state index in [1.165, 1.54) is 4.88 Å². The molecule has 0 saturated carbocycles. The van der Waals surface area contributed by atoms with Crippen molar-refractivity contribution < 1.29 is 4.79 Å². The Labute approximate surface area is 107 Å². The number of rotatable bonds is 6. The molecule has 17 heavy (non-hydrogen) atoms. The van der Waals surface area contributed by atoms with Gasteiger partial charge < -0.3 is 0 Å². The Morgan fingerprint density at radius 1 is 1.59 bits per heavy atom. The van der Waals surface area contributed by atoms with E-state index in [0.717, 1.165) is 6.42 Å². The fourth-order valence-electron chi connectivity index (χ4n) is 1.73. The van der Waals surface area contributed by atoms with Crippen LogP contribution in [-0.2, 0) is 4.79 Å². The maximum Gasteiger partial charge on any atom is 0.233 e. The highest BCUT2D eigenvalue weighted by molar-refractivity contribution is 7.10. The number of hydrogen-bond acceptors (Lipinski definition) is 4. The van der Waals surface area contributed by atoms with Crippen molar-refractivity contribution in [2.75, 3.05) is 7.05 Å². The standard InChI is InChI=1S/C12H21N3OS/c1-9(6-7-12(16)14-13)15(3)10(2)11-5-4-8-17-11/h4-5,8-10H,6-7,13H2,1-3H3,(H,14,16). The lowest BCUT2D eigenvalue weighted by Gasteiger charge is -2.30. The van der Waals surface area contributed by atoms with Crippen LogP contribution in [0.1, 0.15) is 37.6 Å². The number of carbonyl (C=O) groups is 1. The van der Waals surface area contributed by atoms with Gasteiger partial charge >= 0.3 is 0 Å². The summed E-state index contributed by atoms with van der Waals surface area (Å²) in [5.41, 5.74) is 2.16. The number of thiophene rings is 1. The summed E-state index contributed by atoms with van der Waals surface area (Å²) in [5, 5.41) is 2.09. The van der Waals surface area contributed by atoms with Crippen LogP contribution in [0.2, 0.25) is 0 Å². The molecule has 0 fully saturated rings. The molecule has 3 N–H and O–H groups in total. The van der Waals surface area contributed by atoms with E-state index in [0.29, 0.717) is 18.5 Å². The number of nitrogens with zero attached hydrogens (tertiary/aromatic N) is 1. The molecule has 2 atom stereocenters. The van der Waals surface area contributed by atoms with Gasteiger partial charge in [-0.05, 0) is 38.8 Å². The van der Waals surface area contributed by atoms with Crippen LogP contribution in [0.25, 0.3) is 0 Å². The Balaban J connectivity index is 2.46. The summed E-state index contributed by atoms with van der Waals surface area (Å²) in [4.78, 5) is 14.7. The SMILES string of the molecule is CC(CCC(=O)NN)N(C)C(C)c1cccs1. The van der Waals surface area contributed by atoms with Crippen LogP contribution < -0.4 is 11.3 Å². The molecular weight excluding hydrogens is 234 g/mol. The fraction of sp³-hybridized carbons (Fsp3) is 0.583. The summed E-state index contributed by atoms with van der Waals surface area (Å²) in [6.45, 7) is 4.32. The molecule has 1 heterocycles. The molecule has 2 unspecified atom stereocenters. The van der Waals surface area contributed by atoms with E-state index in [2.05, 4.69) is 48.7 Å². The molecule has 96 valence electrons. The molecule has 0 bridgehead atoms. The van der Waals surface area contributed by atoms with Gasteiger partial charge in [0.15, 0.2) is 0 Å². The molecule has 1 rings (SSSR count). The highest BCUT2D eigenvalue weighted by atomic mass is 32.1. The van der Waals surface area contributed by atoms with E-state index in [-0.39, 0.29) is 5.91 Å². The topological polar surface area (TPSA) is 58.4 Å². The number of nitrogens with one attached hydrogen (secondary N) is 1. The molecule has 0 spiro atoms. The van der Waals surface area contributed by atoms with Crippen molar-refractivity contribution in [1.82, 2.24) is 10.3 Å². The second-order valence-corrected chi connectivity index (χ2v) is 5.29. The summed E-state index contributed by atoms with van der Waals surface area (Å²) in [6.07, 6.45) is 1.29. The van der Waals surface area contributed by atoms with Crippen molar-refractivity contribution in [1.29, 1.82) is 0 Å². The Morgan fingerprint density at radius 2 is 2.29 bits per heavy atom. The Morgan fingerprint density at radius 3 is 2.82 bits per heavy atom. The zero-order valence-corrected chi connectivity index (χ0v) is 11.5. The van der Waals surface area contributed by atoms with E-state index in [9.17, 15) is 4.79 Å². The van der Waals surface area contributed by atoms with Gasteiger partial charge in [0.25, 0.3) is 0 Å². The number of amides is 1. The summed E-state index contributed by atoms with van der Waals surface area (Å²) >= 11 is 1.76. The van der Waals surface area contributed by atoms with Gasteiger partial charge in [-0.3, -0.25) is 15.1 Å². The van der Waals surface area contributed by atoms with E-state index in [4.69, 9.17) is 5.84 Å². The van der Waals surface area contributed by atoms with E-state index < -0.39 is 0 Å². The fourth-order valence-corrected chi connectivity index (χ4v) is 2.56. The molecule has 4 nitrogen and oxygen atoms in total. The number of nitrogens with two attached hydrogens (primary N) is 1. The molecule has 1 amide bonds. The average molecular weight is 255 g/mol. The first-order chi connectivity index (χ1) is 8.06. The Hall–Kier alpha value is -0.910. The monoisotopic (exact) mass is 255 g/mol. The van der Waals surface area contributed by atoms with Gasteiger partial charge in [0.2, 0.25) is 5.91 Å². The van der Waals surface area contributed by atoms with E-state index in [1.807, 2.05) is 0 Å². The largest absolute Gasteiger partial charge is 0.296 e. The molecule has 5 heteroatoms. The predicted octanol–water partition coefficient (Wildman–Crippen LogP) is 1.90. The van der Waals surface area contributed by atoms with Crippen LogP contribution >= 0.6 is 11.3 Å². The molecule has 0 aliphatic rings. The van der Waals surface area contributed by atoms with Gasteiger partial charge in [0, 0.05) is 23.4 Å². The third kappa shape index (κ3) is 4.11. The van der Waals surface area contributed by atoms with Gasteiger partial charge in [-0.2, -0.15) is 0 Å². The van der Waals surface area contributed by atoms with Crippen molar-refractivity contribution in [3.05, 3.63) is 22.4 Å². The number of hydrazine groups is 1. The van der Waals surface area contributed by atoms with Crippen molar-refractivity contribution in [2.24, 2.45) is 5.84 Å². The molecular formula is C12H21N3OS. The van der Waals surface area contributed by atoms with Crippen LogP contribution in [0.4, 0.5) is 0 Å². The smallest absolute Gasteiger partial charge is 0.233 e. The lowest BCUT2D eigenvalue weighted by molar-refractivity contribution is -0.121. The van der Waals surface area contributed by atoms with Crippen molar-refractivity contribution in [2.45, 2.75) is 38.8 Å². The number of carbonyl (C=O) groups excluding carboxylic acids is 1. The highest BCUT2D eigenvalue weighted by Crippen LogP contribution is 2.25. The molecule has 0 aromatic carbocycles. The van der Waals surface area contributed by atoms with Gasteiger partial charge in [0.1, 0.15) is 0 Å². The average Bonchev–Trinajstić information content (AvgIpc) is 2.87. The van der Waals surface area contributed by atoms with Crippen molar-refractivity contribution in [3.63, 3.8) is 0 Å².